The van der Waals surface area contributed by atoms with Crippen LogP contribution in [0.5, 0.6) is 0 Å². The quantitative estimate of drug-likeness (QED) is 0.662. The molecule has 0 aliphatic carbocycles. The van der Waals surface area contributed by atoms with Crippen LogP contribution in [0.2, 0.25) is 0 Å². The van der Waals surface area contributed by atoms with Gasteiger partial charge in [0, 0.05) is 12.5 Å². The molecule has 0 bridgehead atoms. The maximum Gasteiger partial charge on any atom is 0.353 e. The number of carboxylic acid groups (broad SMARTS) is 1. The molecule has 1 N–H and O–H groups in total. The van der Waals surface area contributed by atoms with Gasteiger partial charge >= 0.3 is 5.97 Å². The number of hydrogen-bond acceptors (Lipinski definition) is 5. The lowest BCUT2D eigenvalue weighted by Crippen LogP contribution is -2.51. The zero-order valence-electron chi connectivity index (χ0n) is 11.4. The molecule has 110 valence electrons. The highest BCUT2D eigenvalue weighted by Gasteiger charge is 2.49. The molecule has 2 aliphatic heterocycles. The minimum absolute atomic E-state index is 0.0448. The molecule has 0 radical (unpaired) electrons. The Bertz CT molecular complexity index is 899. The number of amides is 1. The van der Waals surface area contributed by atoms with Gasteiger partial charge in [-0.1, -0.05) is 11.3 Å². The van der Waals surface area contributed by atoms with Crippen molar-refractivity contribution in [1.82, 2.24) is 19.9 Å². The van der Waals surface area contributed by atoms with Crippen molar-refractivity contribution in [3.05, 3.63) is 40.4 Å². The van der Waals surface area contributed by atoms with Crippen LogP contribution in [-0.4, -0.2) is 42.3 Å². The second-order valence-electron chi connectivity index (χ2n) is 5.03. The van der Waals surface area contributed by atoms with Crippen LogP contribution in [0.15, 0.2) is 34.9 Å². The molecule has 8 heteroatoms. The number of benzene rings is 1. The predicted octanol–water partition coefficient (Wildman–Crippen LogP) is 1.19. The van der Waals surface area contributed by atoms with Gasteiger partial charge in [-0.25, -0.2) is 9.48 Å². The molecule has 2 aromatic rings. The molecule has 1 amide bonds. The predicted molar refractivity (Wildman–Crippen MR) is 80.4 cm³/mol. The topological polar surface area (TPSA) is 88.3 Å². The van der Waals surface area contributed by atoms with Gasteiger partial charge in [0.15, 0.2) is 0 Å². The van der Waals surface area contributed by atoms with E-state index in [9.17, 15) is 9.59 Å². The third-order valence-corrected chi connectivity index (χ3v) is 4.79. The van der Waals surface area contributed by atoms with Gasteiger partial charge in [-0.15, -0.1) is 16.9 Å². The van der Waals surface area contributed by atoms with Crippen LogP contribution in [-0.2, 0) is 16.6 Å². The van der Waals surface area contributed by atoms with Crippen LogP contribution in [0.4, 0.5) is 0 Å². The smallest absolute Gasteiger partial charge is 0.353 e. The van der Waals surface area contributed by atoms with Crippen LogP contribution < -0.4 is 0 Å². The lowest BCUT2D eigenvalue weighted by atomic mass is 10.0. The van der Waals surface area contributed by atoms with Gasteiger partial charge in [-0.2, -0.15) is 0 Å². The number of aromatic nitrogens is 3. The standard InChI is InChI=1S/C14H10N4O3S/c1-17-10-5-7(2-3-9(10)15-16-17)4-8-12(19)18-11(14(20)21)6-22-13(8)18/h2-6,13H,1H3,(H,20,21)/b8-4-/t13-/m1/s1. The van der Waals surface area contributed by atoms with Gasteiger partial charge in [0.2, 0.25) is 0 Å². The van der Waals surface area contributed by atoms with Crippen LogP contribution in [0.3, 0.4) is 0 Å². The minimum atomic E-state index is -1.08. The second-order valence-corrected chi connectivity index (χ2v) is 5.99. The van der Waals surface area contributed by atoms with Crippen molar-refractivity contribution in [3.8, 4) is 0 Å². The van der Waals surface area contributed by atoms with E-state index in [0.717, 1.165) is 16.6 Å². The Kier molecular flexibility index (Phi) is 2.64. The molecule has 1 aromatic heterocycles. The van der Waals surface area contributed by atoms with Gasteiger partial charge in [-0.3, -0.25) is 9.69 Å². The molecule has 1 atom stereocenters. The third-order valence-electron chi connectivity index (χ3n) is 3.71. The fourth-order valence-electron chi connectivity index (χ4n) is 2.58. The molecule has 0 spiro atoms. The number of nitrogens with zero attached hydrogens (tertiary/aromatic N) is 4. The summed E-state index contributed by atoms with van der Waals surface area (Å²) in [7, 11) is 1.80. The summed E-state index contributed by atoms with van der Waals surface area (Å²) in [6, 6.07) is 5.62. The first-order valence-electron chi connectivity index (χ1n) is 6.50. The van der Waals surface area contributed by atoms with E-state index in [1.807, 2.05) is 18.2 Å². The van der Waals surface area contributed by atoms with Crippen molar-refractivity contribution in [2.75, 3.05) is 0 Å². The average molecular weight is 314 g/mol. The molecule has 1 fully saturated rings. The van der Waals surface area contributed by atoms with Gasteiger partial charge in [0.25, 0.3) is 5.91 Å². The summed E-state index contributed by atoms with van der Waals surface area (Å²) >= 11 is 1.33. The van der Waals surface area contributed by atoms with E-state index in [1.54, 1.807) is 17.8 Å². The number of carboxylic acids is 1. The second kappa shape index (κ2) is 4.44. The number of hydrogen-bond donors (Lipinski definition) is 1. The largest absolute Gasteiger partial charge is 0.477 e. The molecule has 4 rings (SSSR count). The lowest BCUT2D eigenvalue weighted by Gasteiger charge is -2.37. The zero-order valence-corrected chi connectivity index (χ0v) is 12.2. The van der Waals surface area contributed by atoms with Gasteiger partial charge in [0.05, 0.1) is 11.1 Å². The number of carbonyl (C=O) groups excluding carboxylic acids is 1. The van der Waals surface area contributed by atoms with Crippen LogP contribution in [0.25, 0.3) is 17.1 Å². The molecule has 7 nitrogen and oxygen atoms in total. The number of aliphatic carboxylic acids is 1. The summed E-state index contributed by atoms with van der Waals surface area (Å²) in [5.41, 5.74) is 3.18. The summed E-state index contributed by atoms with van der Waals surface area (Å²) in [5, 5.41) is 18.3. The summed E-state index contributed by atoms with van der Waals surface area (Å²) in [6.45, 7) is 0. The Morgan fingerprint density at radius 2 is 2.27 bits per heavy atom. The van der Waals surface area contributed by atoms with Crippen LogP contribution in [0.1, 0.15) is 5.56 Å². The first kappa shape index (κ1) is 13.1. The van der Waals surface area contributed by atoms with E-state index in [1.165, 1.54) is 22.1 Å². The Morgan fingerprint density at radius 1 is 1.45 bits per heavy atom. The van der Waals surface area contributed by atoms with Gasteiger partial charge in [-0.05, 0) is 23.8 Å². The number of thioether (sulfide) groups is 1. The first-order chi connectivity index (χ1) is 10.6. The molecule has 2 aliphatic rings. The molecular formula is C14H10N4O3S. The molecule has 0 saturated carbocycles. The molecule has 3 heterocycles. The molecule has 22 heavy (non-hydrogen) atoms. The van der Waals surface area contributed by atoms with E-state index < -0.39 is 5.97 Å². The Labute approximate surface area is 128 Å². The maximum atomic E-state index is 12.2. The first-order valence-corrected chi connectivity index (χ1v) is 7.44. The number of rotatable bonds is 2. The summed E-state index contributed by atoms with van der Waals surface area (Å²) < 4.78 is 1.67. The van der Waals surface area contributed by atoms with Gasteiger partial charge < -0.3 is 5.11 Å². The number of aryl methyl sites for hydroxylation is 1. The number of fused-ring (bicyclic) bond motifs is 2. The van der Waals surface area contributed by atoms with E-state index in [-0.39, 0.29) is 17.0 Å². The fraction of sp³-hybridized carbons (Fsp3) is 0.143. The number of β-lactam (4-membered cyclic amide) rings is 1. The SMILES string of the molecule is Cn1nnc2ccc(/C=C3/C(=O)N4C(C(=O)O)=CS[C@H]34)cc21. The van der Waals surface area contributed by atoms with Crippen molar-refractivity contribution in [3.63, 3.8) is 0 Å². The Morgan fingerprint density at radius 3 is 3.05 bits per heavy atom. The molecule has 1 saturated heterocycles. The van der Waals surface area contributed by atoms with Gasteiger partial charge in [0.1, 0.15) is 16.6 Å². The van der Waals surface area contributed by atoms with E-state index in [0.29, 0.717) is 5.57 Å². The maximum absolute atomic E-state index is 12.2. The summed E-state index contributed by atoms with van der Waals surface area (Å²) in [6.07, 6.45) is 1.79. The van der Waals surface area contributed by atoms with E-state index in [4.69, 9.17) is 5.11 Å². The highest BCUT2D eigenvalue weighted by Crippen LogP contribution is 2.45. The van der Waals surface area contributed by atoms with Crippen molar-refractivity contribution in [2.45, 2.75) is 5.37 Å². The van der Waals surface area contributed by atoms with Crippen molar-refractivity contribution in [1.29, 1.82) is 0 Å². The minimum Gasteiger partial charge on any atom is -0.477 e. The van der Waals surface area contributed by atoms with E-state index in [2.05, 4.69) is 10.3 Å². The average Bonchev–Trinajstić information content (AvgIpc) is 3.07. The summed E-state index contributed by atoms with van der Waals surface area (Å²) in [5.74, 6) is -1.34. The molecular weight excluding hydrogens is 304 g/mol. The lowest BCUT2D eigenvalue weighted by molar-refractivity contribution is -0.141. The highest BCUT2D eigenvalue weighted by molar-refractivity contribution is 8.03. The summed E-state index contributed by atoms with van der Waals surface area (Å²) in [4.78, 5) is 24.5. The van der Waals surface area contributed by atoms with Crippen molar-refractivity contribution in [2.24, 2.45) is 7.05 Å². The third kappa shape index (κ3) is 1.70. The highest BCUT2D eigenvalue weighted by atomic mass is 32.2. The Balaban J connectivity index is 1.68. The van der Waals surface area contributed by atoms with Crippen LogP contribution >= 0.6 is 11.8 Å². The Hall–Kier alpha value is -2.61. The van der Waals surface area contributed by atoms with Crippen molar-refractivity contribution < 1.29 is 14.7 Å². The number of carbonyl (C=O) groups is 2. The normalized spacial score (nSPS) is 22.0. The van der Waals surface area contributed by atoms with Crippen molar-refractivity contribution >= 4 is 40.7 Å². The monoisotopic (exact) mass is 314 g/mol. The van der Waals surface area contributed by atoms with Crippen LogP contribution in [0, 0.1) is 0 Å². The zero-order chi connectivity index (χ0) is 15.4. The van der Waals surface area contributed by atoms with E-state index >= 15 is 0 Å². The molecule has 0 unspecified atom stereocenters. The fourth-order valence-corrected chi connectivity index (χ4v) is 3.70. The molecule has 1 aromatic carbocycles.